The molecule has 0 fully saturated rings. The van der Waals surface area contributed by atoms with Gasteiger partial charge in [0.05, 0.1) is 7.11 Å². The lowest BCUT2D eigenvalue weighted by Crippen LogP contribution is -2.12. The number of hydrogen-bond donors (Lipinski definition) is 1. The molecule has 0 bridgehead atoms. The lowest BCUT2D eigenvalue weighted by atomic mass is 10.2. The Balaban J connectivity index is 1.32. The van der Waals surface area contributed by atoms with Crippen molar-refractivity contribution >= 4 is 22.4 Å². The highest BCUT2D eigenvalue weighted by molar-refractivity contribution is 7.18. The Bertz CT molecular complexity index is 1090. The van der Waals surface area contributed by atoms with E-state index in [1.165, 1.54) is 11.3 Å². The second kappa shape index (κ2) is 8.61. The van der Waals surface area contributed by atoms with Crippen molar-refractivity contribution in [1.29, 1.82) is 0 Å². The summed E-state index contributed by atoms with van der Waals surface area (Å²) in [6.07, 6.45) is 0.532. The van der Waals surface area contributed by atoms with Crippen LogP contribution in [-0.2, 0) is 11.2 Å². The van der Waals surface area contributed by atoms with E-state index in [2.05, 4.69) is 25.7 Å². The molecule has 8 nitrogen and oxygen atoms in total. The van der Waals surface area contributed by atoms with Crippen LogP contribution in [0.1, 0.15) is 12.3 Å². The quantitative estimate of drug-likeness (QED) is 0.496. The van der Waals surface area contributed by atoms with E-state index >= 15 is 0 Å². The Kier molecular flexibility index (Phi) is 5.57. The van der Waals surface area contributed by atoms with Gasteiger partial charge in [0.25, 0.3) is 0 Å². The number of rotatable bonds is 7. The first-order chi connectivity index (χ1) is 14.2. The van der Waals surface area contributed by atoms with E-state index in [1.54, 1.807) is 7.11 Å². The highest BCUT2D eigenvalue weighted by Crippen LogP contribution is 2.26. The van der Waals surface area contributed by atoms with Crippen LogP contribution in [0.4, 0.5) is 5.13 Å². The molecule has 0 spiro atoms. The minimum absolute atomic E-state index is 0.190. The first-order valence-corrected chi connectivity index (χ1v) is 9.69. The van der Waals surface area contributed by atoms with Gasteiger partial charge < -0.3 is 14.6 Å². The third-order valence-corrected chi connectivity index (χ3v) is 4.96. The molecule has 2 heterocycles. The third kappa shape index (κ3) is 4.64. The van der Waals surface area contributed by atoms with Crippen LogP contribution in [0.25, 0.3) is 22.0 Å². The number of nitrogens with zero attached hydrogens (tertiary/aromatic N) is 4. The predicted molar refractivity (Wildman–Crippen MR) is 109 cm³/mol. The van der Waals surface area contributed by atoms with Crippen molar-refractivity contribution in [3.8, 4) is 27.7 Å². The summed E-state index contributed by atoms with van der Waals surface area (Å²) in [5.41, 5.74) is 1.77. The number of anilines is 1. The summed E-state index contributed by atoms with van der Waals surface area (Å²) in [6.45, 7) is 0. The summed E-state index contributed by atoms with van der Waals surface area (Å²) in [6, 6.07) is 17.0. The normalized spacial score (nSPS) is 10.7. The summed E-state index contributed by atoms with van der Waals surface area (Å²) in [7, 11) is 1.61. The molecule has 29 heavy (non-hydrogen) atoms. The molecule has 2 aromatic carbocycles. The zero-order valence-electron chi connectivity index (χ0n) is 15.5. The fourth-order valence-electron chi connectivity index (χ4n) is 2.59. The van der Waals surface area contributed by atoms with E-state index in [-0.39, 0.29) is 12.3 Å². The number of carbonyl (C=O) groups excluding carboxylic acids is 1. The number of ether oxygens (including phenoxy) is 1. The maximum atomic E-state index is 12.2. The first kappa shape index (κ1) is 18.8. The number of carbonyl (C=O) groups is 1. The Labute approximate surface area is 170 Å². The Morgan fingerprint density at radius 1 is 1.07 bits per heavy atom. The van der Waals surface area contributed by atoms with E-state index < -0.39 is 0 Å². The van der Waals surface area contributed by atoms with E-state index in [0.717, 1.165) is 21.9 Å². The number of benzene rings is 2. The Hall–Kier alpha value is -3.59. The van der Waals surface area contributed by atoms with E-state index in [0.29, 0.717) is 23.3 Å². The van der Waals surface area contributed by atoms with Crippen LogP contribution in [0.5, 0.6) is 5.75 Å². The van der Waals surface area contributed by atoms with Gasteiger partial charge in [-0.1, -0.05) is 46.8 Å². The molecule has 0 radical (unpaired) electrons. The van der Waals surface area contributed by atoms with Crippen molar-refractivity contribution in [3.63, 3.8) is 0 Å². The van der Waals surface area contributed by atoms with Gasteiger partial charge in [-0.05, 0) is 24.3 Å². The average molecular weight is 407 g/mol. The van der Waals surface area contributed by atoms with Gasteiger partial charge in [0.2, 0.25) is 22.8 Å². The maximum Gasteiger partial charge on any atom is 0.227 e. The molecule has 146 valence electrons. The van der Waals surface area contributed by atoms with Gasteiger partial charge in [-0.2, -0.15) is 4.98 Å². The van der Waals surface area contributed by atoms with Gasteiger partial charge in [-0.3, -0.25) is 4.79 Å². The van der Waals surface area contributed by atoms with Gasteiger partial charge in [0.15, 0.2) is 0 Å². The smallest absolute Gasteiger partial charge is 0.227 e. The van der Waals surface area contributed by atoms with Gasteiger partial charge in [-0.25, -0.2) is 0 Å². The lowest BCUT2D eigenvalue weighted by Gasteiger charge is -1.99. The largest absolute Gasteiger partial charge is 0.497 e. The van der Waals surface area contributed by atoms with Gasteiger partial charge in [0, 0.05) is 24.0 Å². The van der Waals surface area contributed by atoms with Crippen molar-refractivity contribution in [2.45, 2.75) is 12.8 Å². The van der Waals surface area contributed by atoms with E-state index in [1.807, 2.05) is 54.6 Å². The fraction of sp³-hybridized carbons (Fsp3) is 0.150. The zero-order valence-corrected chi connectivity index (χ0v) is 16.3. The summed E-state index contributed by atoms with van der Waals surface area (Å²) < 4.78 is 10.4. The van der Waals surface area contributed by atoms with Crippen LogP contribution in [0, 0.1) is 0 Å². The molecule has 1 N–H and O–H groups in total. The molecule has 0 aliphatic heterocycles. The standard InChI is InChI=1S/C20H17N5O3S/c1-27-15-9-7-13(8-10-15)18-22-17(28-25-18)12-11-16(26)21-20-24-23-19(29-20)14-5-3-2-4-6-14/h2-10H,11-12H2,1H3,(H,21,24,26). The maximum absolute atomic E-state index is 12.2. The monoisotopic (exact) mass is 407 g/mol. The summed E-state index contributed by atoms with van der Waals surface area (Å²) in [4.78, 5) is 16.5. The second-order valence-corrected chi connectivity index (χ2v) is 7.04. The van der Waals surface area contributed by atoms with Crippen LogP contribution < -0.4 is 10.1 Å². The molecule has 0 aliphatic carbocycles. The predicted octanol–water partition coefficient (Wildman–Crippen LogP) is 3.84. The van der Waals surface area contributed by atoms with Crippen molar-refractivity contribution in [3.05, 3.63) is 60.5 Å². The highest BCUT2D eigenvalue weighted by Gasteiger charge is 2.13. The Morgan fingerprint density at radius 2 is 1.86 bits per heavy atom. The molecule has 4 rings (SSSR count). The van der Waals surface area contributed by atoms with Crippen molar-refractivity contribution < 1.29 is 14.1 Å². The van der Waals surface area contributed by atoms with Gasteiger partial charge in [0.1, 0.15) is 10.8 Å². The number of nitrogens with one attached hydrogen (secondary N) is 1. The summed E-state index contributed by atoms with van der Waals surface area (Å²) in [5.74, 6) is 1.43. The molecular weight excluding hydrogens is 390 g/mol. The first-order valence-electron chi connectivity index (χ1n) is 8.87. The summed E-state index contributed by atoms with van der Waals surface area (Å²) >= 11 is 1.32. The Morgan fingerprint density at radius 3 is 2.62 bits per heavy atom. The van der Waals surface area contributed by atoms with Crippen LogP contribution >= 0.6 is 11.3 Å². The van der Waals surface area contributed by atoms with Crippen LogP contribution in [0.2, 0.25) is 0 Å². The molecule has 1 amide bonds. The topological polar surface area (TPSA) is 103 Å². The number of aromatic nitrogens is 4. The van der Waals surface area contributed by atoms with Crippen molar-refractivity contribution in [1.82, 2.24) is 20.3 Å². The fourth-order valence-corrected chi connectivity index (χ4v) is 3.35. The average Bonchev–Trinajstić information content (AvgIpc) is 3.43. The van der Waals surface area contributed by atoms with Crippen LogP contribution in [0.3, 0.4) is 0 Å². The minimum Gasteiger partial charge on any atom is -0.497 e. The lowest BCUT2D eigenvalue weighted by molar-refractivity contribution is -0.116. The van der Waals surface area contributed by atoms with Crippen molar-refractivity contribution in [2.24, 2.45) is 0 Å². The molecular formula is C20H17N5O3S. The molecule has 0 saturated carbocycles. The molecule has 4 aromatic rings. The van der Waals surface area contributed by atoms with E-state index in [9.17, 15) is 4.79 Å². The van der Waals surface area contributed by atoms with E-state index in [4.69, 9.17) is 9.26 Å². The number of amides is 1. The number of methoxy groups -OCH3 is 1. The summed E-state index contributed by atoms with van der Waals surface area (Å²) in [5, 5.41) is 16.1. The van der Waals surface area contributed by atoms with Gasteiger partial charge in [-0.15, -0.1) is 10.2 Å². The van der Waals surface area contributed by atoms with Gasteiger partial charge >= 0.3 is 0 Å². The number of aryl methyl sites for hydroxylation is 1. The number of hydrogen-bond acceptors (Lipinski definition) is 8. The molecule has 0 unspecified atom stereocenters. The van der Waals surface area contributed by atoms with Crippen molar-refractivity contribution in [2.75, 3.05) is 12.4 Å². The zero-order chi connectivity index (χ0) is 20.1. The second-order valence-electron chi connectivity index (χ2n) is 6.07. The molecule has 9 heteroatoms. The minimum atomic E-state index is -0.190. The molecule has 2 aromatic heterocycles. The molecule has 0 aliphatic rings. The van der Waals surface area contributed by atoms with Crippen LogP contribution in [-0.4, -0.2) is 33.4 Å². The SMILES string of the molecule is COc1ccc(-c2noc(CCC(=O)Nc3nnc(-c4ccccc4)s3)n2)cc1. The molecule has 0 saturated heterocycles. The van der Waals surface area contributed by atoms with Crippen LogP contribution in [0.15, 0.2) is 59.1 Å². The molecule has 0 atom stereocenters. The highest BCUT2D eigenvalue weighted by atomic mass is 32.1. The third-order valence-electron chi connectivity index (χ3n) is 4.07.